The van der Waals surface area contributed by atoms with Crippen molar-refractivity contribution in [2.75, 3.05) is 27.3 Å². The van der Waals surface area contributed by atoms with Crippen molar-refractivity contribution in [2.45, 2.75) is 44.2 Å². The van der Waals surface area contributed by atoms with Gasteiger partial charge in [0.2, 0.25) is 0 Å². The molecule has 0 radical (unpaired) electrons. The number of ether oxygens (including phenoxy) is 2. The van der Waals surface area contributed by atoms with Crippen molar-refractivity contribution in [1.29, 1.82) is 0 Å². The number of likely N-dealkylation sites (N-methyl/N-ethyl adjacent to an activating group) is 1. The van der Waals surface area contributed by atoms with Crippen molar-refractivity contribution < 1.29 is 14.6 Å². The van der Waals surface area contributed by atoms with Crippen LogP contribution in [0, 0.1) is 0 Å². The molecule has 0 heterocycles. The predicted octanol–water partition coefficient (Wildman–Crippen LogP) is 2.70. The lowest BCUT2D eigenvalue weighted by atomic mass is 9.94. The third kappa shape index (κ3) is 4.90. The smallest absolute Gasteiger partial charge is 0.161 e. The predicted molar refractivity (Wildman–Crippen MR) is 84.0 cm³/mol. The van der Waals surface area contributed by atoms with Crippen LogP contribution in [0.4, 0.5) is 0 Å². The normalized spacial score (nSPS) is 17.7. The van der Waals surface area contributed by atoms with Gasteiger partial charge in [-0.15, -0.1) is 0 Å². The van der Waals surface area contributed by atoms with Crippen LogP contribution in [0.25, 0.3) is 0 Å². The van der Waals surface area contributed by atoms with Gasteiger partial charge in [0.15, 0.2) is 11.5 Å². The molecule has 1 aromatic rings. The Bertz CT molecular complexity index is 418. The van der Waals surface area contributed by atoms with Crippen molar-refractivity contribution in [3.05, 3.63) is 24.3 Å². The van der Waals surface area contributed by atoms with Gasteiger partial charge >= 0.3 is 0 Å². The van der Waals surface area contributed by atoms with Gasteiger partial charge in [-0.3, -0.25) is 0 Å². The van der Waals surface area contributed by atoms with Crippen LogP contribution in [0.5, 0.6) is 11.5 Å². The van der Waals surface area contributed by atoms with Crippen LogP contribution in [-0.4, -0.2) is 49.5 Å². The zero-order valence-corrected chi connectivity index (χ0v) is 13.1. The van der Waals surface area contributed by atoms with E-state index in [-0.39, 0.29) is 6.61 Å². The average molecular weight is 293 g/mol. The molecule has 0 aromatic heterocycles. The highest BCUT2D eigenvalue weighted by Crippen LogP contribution is 2.26. The average Bonchev–Trinajstić information content (AvgIpc) is 2.54. The van der Waals surface area contributed by atoms with E-state index in [1.807, 2.05) is 24.3 Å². The molecule has 1 aliphatic rings. The monoisotopic (exact) mass is 293 g/mol. The Labute approximate surface area is 127 Å². The van der Waals surface area contributed by atoms with Gasteiger partial charge in [-0.25, -0.2) is 0 Å². The van der Waals surface area contributed by atoms with Crippen LogP contribution in [0.15, 0.2) is 24.3 Å². The van der Waals surface area contributed by atoms with Crippen LogP contribution in [0.3, 0.4) is 0 Å². The lowest BCUT2D eigenvalue weighted by Crippen LogP contribution is -2.40. The number of benzene rings is 1. The van der Waals surface area contributed by atoms with Crippen LogP contribution < -0.4 is 9.47 Å². The fourth-order valence-electron chi connectivity index (χ4n) is 2.98. The molecular weight excluding hydrogens is 266 g/mol. The van der Waals surface area contributed by atoms with Crippen molar-refractivity contribution in [1.82, 2.24) is 4.90 Å². The number of hydrogen-bond donors (Lipinski definition) is 1. The summed E-state index contributed by atoms with van der Waals surface area (Å²) < 4.78 is 10.9. The van der Waals surface area contributed by atoms with E-state index in [0.29, 0.717) is 24.1 Å². The van der Waals surface area contributed by atoms with E-state index in [4.69, 9.17) is 9.47 Å². The first-order chi connectivity index (χ1) is 10.2. The van der Waals surface area contributed by atoms with Gasteiger partial charge in [-0.1, -0.05) is 31.4 Å². The van der Waals surface area contributed by atoms with Crippen molar-refractivity contribution >= 4 is 0 Å². The highest BCUT2D eigenvalue weighted by atomic mass is 16.5. The Morgan fingerprint density at radius 3 is 2.52 bits per heavy atom. The number of nitrogens with zero attached hydrogens (tertiary/aromatic N) is 1. The largest absolute Gasteiger partial charge is 0.493 e. The minimum Gasteiger partial charge on any atom is -0.493 e. The van der Waals surface area contributed by atoms with Gasteiger partial charge in [-0.05, 0) is 32.0 Å². The maximum Gasteiger partial charge on any atom is 0.161 e. The molecule has 0 amide bonds. The number of para-hydroxylation sites is 2. The fraction of sp³-hybridized carbons (Fsp3) is 0.647. The molecule has 4 nitrogen and oxygen atoms in total. The Kier molecular flexibility index (Phi) is 6.33. The molecule has 21 heavy (non-hydrogen) atoms. The van der Waals surface area contributed by atoms with Crippen LogP contribution in [-0.2, 0) is 0 Å². The fourth-order valence-corrected chi connectivity index (χ4v) is 2.98. The second-order valence-corrected chi connectivity index (χ2v) is 5.85. The maximum absolute atomic E-state index is 10.2. The van der Waals surface area contributed by atoms with Crippen LogP contribution in [0.2, 0.25) is 0 Å². The van der Waals surface area contributed by atoms with Gasteiger partial charge < -0.3 is 19.5 Å². The third-order valence-electron chi connectivity index (χ3n) is 4.20. The number of aliphatic hydroxyl groups excluding tert-OH is 1. The molecule has 0 bridgehead atoms. The summed E-state index contributed by atoms with van der Waals surface area (Å²) in [6.07, 6.45) is 5.98. The summed E-state index contributed by atoms with van der Waals surface area (Å²) in [5.74, 6) is 1.38. The summed E-state index contributed by atoms with van der Waals surface area (Å²) in [4.78, 5) is 2.27. The molecule has 118 valence electrons. The molecule has 1 aliphatic carbocycles. The molecule has 1 fully saturated rings. The quantitative estimate of drug-likeness (QED) is 0.839. The molecule has 1 unspecified atom stereocenters. The first-order valence-electron chi connectivity index (χ1n) is 7.85. The second kappa shape index (κ2) is 8.25. The molecule has 1 saturated carbocycles. The minimum atomic E-state index is -0.484. The molecule has 0 aliphatic heterocycles. The van der Waals surface area contributed by atoms with Gasteiger partial charge in [-0.2, -0.15) is 0 Å². The van der Waals surface area contributed by atoms with Gasteiger partial charge in [0, 0.05) is 12.6 Å². The standard InChI is InChI=1S/C17H27NO3/c1-18(14-8-4-3-5-9-14)12-15(19)13-21-17-11-7-6-10-16(17)20-2/h6-7,10-11,14-15,19H,3-5,8-9,12-13H2,1-2H3. The van der Waals surface area contributed by atoms with E-state index >= 15 is 0 Å². The topological polar surface area (TPSA) is 41.9 Å². The highest BCUT2D eigenvalue weighted by Gasteiger charge is 2.20. The van der Waals surface area contributed by atoms with E-state index in [1.165, 1.54) is 32.1 Å². The van der Waals surface area contributed by atoms with Crippen molar-refractivity contribution in [3.8, 4) is 11.5 Å². The Morgan fingerprint density at radius 1 is 1.19 bits per heavy atom. The molecule has 1 aromatic carbocycles. The highest BCUT2D eigenvalue weighted by molar-refractivity contribution is 5.39. The van der Waals surface area contributed by atoms with Crippen LogP contribution in [0.1, 0.15) is 32.1 Å². The van der Waals surface area contributed by atoms with Crippen molar-refractivity contribution in [3.63, 3.8) is 0 Å². The zero-order chi connectivity index (χ0) is 15.1. The molecule has 1 atom stereocenters. The summed E-state index contributed by atoms with van der Waals surface area (Å²) in [5.41, 5.74) is 0. The molecular formula is C17H27NO3. The van der Waals surface area contributed by atoms with Gasteiger partial charge in [0.25, 0.3) is 0 Å². The van der Waals surface area contributed by atoms with Crippen LogP contribution >= 0.6 is 0 Å². The summed E-state index contributed by atoms with van der Waals surface area (Å²) in [6, 6.07) is 8.13. The molecule has 2 rings (SSSR count). The number of methoxy groups -OCH3 is 1. The van der Waals surface area contributed by atoms with Gasteiger partial charge in [0.05, 0.1) is 7.11 Å². The summed E-state index contributed by atoms with van der Waals surface area (Å²) in [7, 11) is 3.72. The number of hydrogen-bond acceptors (Lipinski definition) is 4. The SMILES string of the molecule is COc1ccccc1OCC(O)CN(C)C1CCCCC1. The van der Waals surface area contributed by atoms with Crippen molar-refractivity contribution in [2.24, 2.45) is 0 Å². The molecule has 4 heteroatoms. The second-order valence-electron chi connectivity index (χ2n) is 5.85. The van der Waals surface area contributed by atoms with Gasteiger partial charge in [0.1, 0.15) is 12.7 Å². The summed E-state index contributed by atoms with van der Waals surface area (Å²) in [5, 5.41) is 10.2. The van der Waals surface area contributed by atoms with E-state index in [0.717, 1.165) is 0 Å². The lowest BCUT2D eigenvalue weighted by Gasteiger charge is -2.32. The molecule has 1 N–H and O–H groups in total. The third-order valence-corrected chi connectivity index (χ3v) is 4.20. The maximum atomic E-state index is 10.2. The first-order valence-corrected chi connectivity index (χ1v) is 7.85. The summed E-state index contributed by atoms with van der Waals surface area (Å²) in [6.45, 7) is 0.942. The molecule has 0 saturated heterocycles. The Morgan fingerprint density at radius 2 is 1.86 bits per heavy atom. The first kappa shape index (κ1) is 16.1. The molecule has 0 spiro atoms. The van der Waals surface area contributed by atoms with E-state index in [9.17, 15) is 5.11 Å². The summed E-state index contributed by atoms with van der Waals surface area (Å²) >= 11 is 0. The van der Waals surface area contributed by atoms with E-state index < -0.39 is 6.10 Å². The van der Waals surface area contributed by atoms with E-state index in [2.05, 4.69) is 11.9 Å². The van der Waals surface area contributed by atoms with E-state index in [1.54, 1.807) is 7.11 Å². The Balaban J connectivity index is 1.77. The lowest BCUT2D eigenvalue weighted by molar-refractivity contribution is 0.0553. The Hall–Kier alpha value is -1.26. The zero-order valence-electron chi connectivity index (χ0n) is 13.1. The number of rotatable bonds is 7. The minimum absolute atomic E-state index is 0.289. The number of aliphatic hydroxyl groups is 1.